The average Bonchev–Trinajstić information content (AvgIpc) is 2.74. The van der Waals surface area contributed by atoms with Crippen LogP contribution in [0, 0.1) is 11.7 Å². The maximum absolute atomic E-state index is 14.6. The van der Waals surface area contributed by atoms with Gasteiger partial charge in [0.1, 0.15) is 21.5 Å². The van der Waals surface area contributed by atoms with Crippen LogP contribution in [0.25, 0.3) is 0 Å². The van der Waals surface area contributed by atoms with E-state index >= 15 is 0 Å². The van der Waals surface area contributed by atoms with Crippen molar-refractivity contribution < 1.29 is 17.6 Å². The number of hydrogen-bond donors (Lipinski definition) is 0. The molecule has 154 valence electrons. The maximum atomic E-state index is 14.6. The van der Waals surface area contributed by atoms with Crippen molar-refractivity contribution in [2.24, 2.45) is 5.92 Å². The van der Waals surface area contributed by atoms with Crippen molar-refractivity contribution in [1.29, 1.82) is 0 Å². The van der Waals surface area contributed by atoms with Gasteiger partial charge in [0.15, 0.2) is 0 Å². The van der Waals surface area contributed by atoms with Gasteiger partial charge in [0, 0.05) is 37.3 Å². The Morgan fingerprint density at radius 2 is 1.76 bits per heavy atom. The number of carbonyl (C=O) groups is 1. The van der Waals surface area contributed by atoms with Crippen molar-refractivity contribution in [2.75, 3.05) is 36.0 Å². The lowest BCUT2D eigenvalue weighted by molar-refractivity contribution is -0.138. The molecular weight excluding hydrogens is 393 g/mol. The molecular formula is C21H24FN3O3S. The number of piperazine rings is 1. The number of rotatable bonds is 3. The van der Waals surface area contributed by atoms with Gasteiger partial charge in [0.2, 0.25) is 5.91 Å². The fraction of sp³-hybridized carbons (Fsp3) is 0.429. The number of nitrogens with zero attached hydrogens (tertiary/aromatic N) is 3. The molecule has 29 heavy (non-hydrogen) atoms. The molecule has 0 spiro atoms. The Kier molecular flexibility index (Phi) is 5.54. The SMILES string of the molecule is O=C(C1CCS(=O)(=O)CC1)N1CCN(c2ccccn2)CC1c1ccccc1F. The monoisotopic (exact) mass is 417 g/mol. The van der Waals surface area contributed by atoms with Gasteiger partial charge in [-0.25, -0.2) is 17.8 Å². The number of amides is 1. The molecule has 2 aromatic rings. The molecule has 1 aromatic carbocycles. The molecule has 0 radical (unpaired) electrons. The predicted molar refractivity (Wildman–Crippen MR) is 109 cm³/mol. The summed E-state index contributed by atoms with van der Waals surface area (Å²) in [4.78, 5) is 21.5. The summed E-state index contributed by atoms with van der Waals surface area (Å²) in [7, 11) is -3.04. The summed E-state index contributed by atoms with van der Waals surface area (Å²) < 4.78 is 38.1. The van der Waals surface area contributed by atoms with Crippen molar-refractivity contribution in [1.82, 2.24) is 9.88 Å². The summed E-state index contributed by atoms with van der Waals surface area (Å²) in [6.45, 7) is 1.48. The van der Waals surface area contributed by atoms with E-state index in [2.05, 4.69) is 9.88 Å². The predicted octanol–water partition coefficient (Wildman–Crippen LogP) is 2.44. The number of benzene rings is 1. The van der Waals surface area contributed by atoms with Gasteiger partial charge in [0.05, 0.1) is 17.5 Å². The van der Waals surface area contributed by atoms with Crippen molar-refractivity contribution in [2.45, 2.75) is 18.9 Å². The van der Waals surface area contributed by atoms with E-state index in [9.17, 15) is 17.6 Å². The largest absolute Gasteiger partial charge is 0.352 e. The molecule has 2 aliphatic rings. The van der Waals surface area contributed by atoms with Crippen molar-refractivity contribution >= 4 is 21.6 Å². The zero-order chi connectivity index (χ0) is 20.4. The number of aromatic nitrogens is 1. The van der Waals surface area contributed by atoms with Crippen LogP contribution >= 0.6 is 0 Å². The fourth-order valence-electron chi connectivity index (χ4n) is 4.18. The first-order valence-electron chi connectivity index (χ1n) is 9.86. The maximum Gasteiger partial charge on any atom is 0.226 e. The van der Waals surface area contributed by atoms with Crippen LogP contribution in [0.4, 0.5) is 10.2 Å². The third-order valence-electron chi connectivity index (χ3n) is 5.80. The summed E-state index contributed by atoms with van der Waals surface area (Å²) in [5, 5.41) is 0. The van der Waals surface area contributed by atoms with Gasteiger partial charge < -0.3 is 9.80 Å². The minimum Gasteiger partial charge on any atom is -0.352 e. The molecule has 4 rings (SSSR count). The van der Waals surface area contributed by atoms with E-state index in [0.29, 0.717) is 38.0 Å². The average molecular weight is 418 g/mol. The van der Waals surface area contributed by atoms with Gasteiger partial charge in [-0.1, -0.05) is 24.3 Å². The van der Waals surface area contributed by atoms with Crippen LogP contribution in [-0.2, 0) is 14.6 Å². The Labute approximate surface area is 170 Å². The molecule has 2 fully saturated rings. The first-order chi connectivity index (χ1) is 13.9. The van der Waals surface area contributed by atoms with Crippen LogP contribution in [0.5, 0.6) is 0 Å². The zero-order valence-corrected chi connectivity index (χ0v) is 16.9. The van der Waals surface area contributed by atoms with Crippen LogP contribution in [0.15, 0.2) is 48.7 Å². The molecule has 1 unspecified atom stereocenters. The van der Waals surface area contributed by atoms with E-state index in [1.165, 1.54) is 6.07 Å². The fourth-order valence-corrected chi connectivity index (χ4v) is 5.67. The first-order valence-corrected chi connectivity index (χ1v) is 11.7. The van der Waals surface area contributed by atoms with E-state index in [0.717, 1.165) is 5.82 Å². The molecule has 0 aliphatic carbocycles. The number of carbonyl (C=O) groups excluding carboxylic acids is 1. The number of halogens is 1. The highest BCUT2D eigenvalue weighted by atomic mass is 32.2. The number of hydrogen-bond acceptors (Lipinski definition) is 5. The van der Waals surface area contributed by atoms with Gasteiger partial charge >= 0.3 is 0 Å². The molecule has 3 heterocycles. The normalized spacial score (nSPS) is 22.4. The molecule has 6 nitrogen and oxygen atoms in total. The first kappa shape index (κ1) is 19.8. The molecule has 8 heteroatoms. The number of anilines is 1. The molecule has 1 aromatic heterocycles. The molecule has 2 saturated heterocycles. The quantitative estimate of drug-likeness (QED) is 0.767. The lowest BCUT2D eigenvalue weighted by Gasteiger charge is -2.43. The molecule has 2 aliphatic heterocycles. The molecule has 0 N–H and O–H groups in total. The van der Waals surface area contributed by atoms with Gasteiger partial charge in [-0.2, -0.15) is 0 Å². The van der Waals surface area contributed by atoms with Gasteiger partial charge in [-0.15, -0.1) is 0 Å². The molecule has 0 saturated carbocycles. The third kappa shape index (κ3) is 4.27. The Balaban J connectivity index is 1.60. The number of sulfone groups is 1. The second kappa shape index (κ2) is 8.10. The molecule has 0 bridgehead atoms. The summed E-state index contributed by atoms with van der Waals surface area (Å²) in [6.07, 6.45) is 2.39. The highest BCUT2D eigenvalue weighted by molar-refractivity contribution is 7.91. The Morgan fingerprint density at radius 3 is 2.45 bits per heavy atom. The summed E-state index contributed by atoms with van der Waals surface area (Å²) in [5.41, 5.74) is 0.477. The van der Waals surface area contributed by atoms with Gasteiger partial charge in [0.25, 0.3) is 0 Å². The highest BCUT2D eigenvalue weighted by Crippen LogP contribution is 2.32. The zero-order valence-electron chi connectivity index (χ0n) is 16.1. The lowest BCUT2D eigenvalue weighted by Crippen LogP contribution is -2.53. The Morgan fingerprint density at radius 1 is 1.03 bits per heavy atom. The van der Waals surface area contributed by atoms with Crippen LogP contribution in [0.2, 0.25) is 0 Å². The van der Waals surface area contributed by atoms with Crippen molar-refractivity contribution in [3.05, 3.63) is 60.0 Å². The Bertz CT molecular complexity index is 970. The summed E-state index contributed by atoms with van der Waals surface area (Å²) in [5.74, 6) is 0.140. The van der Waals surface area contributed by atoms with E-state index in [-0.39, 0.29) is 29.1 Å². The van der Waals surface area contributed by atoms with Crippen LogP contribution < -0.4 is 4.90 Å². The Hall–Kier alpha value is -2.48. The topological polar surface area (TPSA) is 70.6 Å². The summed E-state index contributed by atoms with van der Waals surface area (Å²) in [6, 6.07) is 11.7. The minimum atomic E-state index is -3.04. The second-order valence-electron chi connectivity index (χ2n) is 7.63. The molecule has 1 amide bonds. The minimum absolute atomic E-state index is 0.0433. The summed E-state index contributed by atoms with van der Waals surface area (Å²) >= 11 is 0. The van der Waals surface area contributed by atoms with Crippen molar-refractivity contribution in [3.63, 3.8) is 0 Å². The van der Waals surface area contributed by atoms with Gasteiger partial charge in [-0.3, -0.25) is 4.79 Å². The van der Waals surface area contributed by atoms with Crippen molar-refractivity contribution in [3.8, 4) is 0 Å². The molecule has 1 atom stereocenters. The van der Waals surface area contributed by atoms with Crippen LogP contribution in [-0.4, -0.2) is 55.3 Å². The van der Waals surface area contributed by atoms with Crippen LogP contribution in [0.1, 0.15) is 24.4 Å². The van der Waals surface area contributed by atoms with Crippen LogP contribution in [0.3, 0.4) is 0 Å². The highest BCUT2D eigenvalue weighted by Gasteiger charge is 2.38. The second-order valence-corrected chi connectivity index (χ2v) is 9.93. The van der Waals surface area contributed by atoms with E-state index < -0.39 is 15.9 Å². The van der Waals surface area contributed by atoms with E-state index in [1.54, 1.807) is 29.3 Å². The lowest BCUT2D eigenvalue weighted by atomic mass is 9.96. The third-order valence-corrected chi connectivity index (χ3v) is 7.52. The number of pyridine rings is 1. The van der Waals surface area contributed by atoms with Gasteiger partial charge in [-0.05, 0) is 31.0 Å². The van der Waals surface area contributed by atoms with E-state index in [4.69, 9.17) is 0 Å². The smallest absolute Gasteiger partial charge is 0.226 e. The van der Waals surface area contributed by atoms with E-state index in [1.807, 2.05) is 18.2 Å². The standard InChI is InChI=1S/C21H24FN3O3S/c22-18-6-2-1-5-17(18)19-15-24(20-7-3-4-10-23-20)11-12-25(19)21(26)16-8-13-29(27,28)14-9-16/h1-7,10,16,19H,8-9,11-15H2.